The molecule has 0 bridgehead atoms. The molecule has 2 aromatic heterocycles. The van der Waals surface area contributed by atoms with Crippen LogP contribution < -0.4 is 10.6 Å². The first-order valence-corrected chi connectivity index (χ1v) is 9.86. The maximum Gasteiger partial charge on any atom is 0.275 e. The Kier molecular flexibility index (Phi) is 6.20. The fourth-order valence-corrected chi connectivity index (χ4v) is 3.53. The van der Waals surface area contributed by atoms with Crippen molar-refractivity contribution < 1.29 is 14.1 Å². The molecule has 0 aliphatic carbocycles. The topological polar surface area (TPSA) is 97.1 Å². The van der Waals surface area contributed by atoms with Gasteiger partial charge in [-0.2, -0.15) is 0 Å². The molecule has 2 heterocycles. The molecule has 28 heavy (non-hydrogen) atoms. The average molecular weight is 398 g/mol. The Morgan fingerprint density at radius 2 is 1.89 bits per heavy atom. The molecule has 0 aliphatic heterocycles. The number of thiazole rings is 1. The van der Waals surface area contributed by atoms with Crippen molar-refractivity contribution in [3.05, 3.63) is 63.9 Å². The number of hydrogen-bond acceptors (Lipinski definition) is 6. The second-order valence-electron chi connectivity index (χ2n) is 6.87. The minimum absolute atomic E-state index is 0.227. The van der Waals surface area contributed by atoms with Gasteiger partial charge in [-0.05, 0) is 31.4 Å². The molecule has 0 fully saturated rings. The van der Waals surface area contributed by atoms with E-state index in [1.807, 2.05) is 30.3 Å². The fourth-order valence-electron chi connectivity index (χ4n) is 2.67. The molecule has 8 heteroatoms. The average Bonchev–Trinajstić information content (AvgIpc) is 3.31. The van der Waals surface area contributed by atoms with Crippen molar-refractivity contribution in [3.63, 3.8) is 0 Å². The molecular weight excluding hydrogens is 376 g/mol. The van der Waals surface area contributed by atoms with Crippen LogP contribution in [-0.4, -0.2) is 22.0 Å². The lowest BCUT2D eigenvalue weighted by Gasteiger charge is -2.17. The maximum atomic E-state index is 12.5. The minimum Gasteiger partial charge on any atom is -0.361 e. The number of nitrogens with zero attached hydrogens (tertiary/aromatic N) is 2. The largest absolute Gasteiger partial charge is 0.361 e. The number of para-hydroxylation sites is 1. The molecule has 2 amide bonds. The number of aromatic nitrogens is 2. The van der Waals surface area contributed by atoms with Gasteiger partial charge in [0.05, 0.1) is 6.04 Å². The van der Waals surface area contributed by atoms with E-state index in [2.05, 4.69) is 34.6 Å². The number of hydrogen-bond donors (Lipinski definition) is 2. The molecular formula is C20H22N4O3S. The number of amides is 2. The lowest BCUT2D eigenvalue weighted by Crippen LogP contribution is -2.29. The Hall–Kier alpha value is -3.00. The maximum absolute atomic E-state index is 12.5. The molecule has 0 radical (unpaired) electrons. The second kappa shape index (κ2) is 8.79. The van der Waals surface area contributed by atoms with Crippen molar-refractivity contribution in [1.82, 2.24) is 15.5 Å². The molecule has 3 aromatic rings. The van der Waals surface area contributed by atoms with Crippen LogP contribution in [0.3, 0.4) is 0 Å². The summed E-state index contributed by atoms with van der Waals surface area (Å²) in [5.74, 6) is 0.290. The van der Waals surface area contributed by atoms with Crippen molar-refractivity contribution in [2.45, 2.75) is 33.2 Å². The van der Waals surface area contributed by atoms with Gasteiger partial charge in [0.1, 0.15) is 16.5 Å². The summed E-state index contributed by atoms with van der Waals surface area (Å²) in [7, 11) is 0. The second-order valence-corrected chi connectivity index (χ2v) is 7.76. The summed E-state index contributed by atoms with van der Waals surface area (Å²) in [6.45, 7) is 5.86. The molecule has 2 N–H and O–H groups in total. The Bertz CT molecular complexity index is 949. The lowest BCUT2D eigenvalue weighted by molar-refractivity contribution is 0.0922. The predicted octanol–water partition coefficient (Wildman–Crippen LogP) is 4.21. The van der Waals surface area contributed by atoms with Crippen LogP contribution in [-0.2, 0) is 0 Å². The first kappa shape index (κ1) is 19.8. The van der Waals surface area contributed by atoms with Gasteiger partial charge in [0.15, 0.2) is 5.69 Å². The molecule has 1 atom stereocenters. The predicted molar refractivity (Wildman–Crippen MR) is 107 cm³/mol. The molecule has 1 aromatic carbocycles. The van der Waals surface area contributed by atoms with Gasteiger partial charge < -0.3 is 15.2 Å². The van der Waals surface area contributed by atoms with E-state index in [0.29, 0.717) is 34.5 Å². The number of carbonyl (C=O) groups is 2. The molecule has 0 spiro atoms. The highest BCUT2D eigenvalue weighted by Crippen LogP contribution is 2.25. The van der Waals surface area contributed by atoms with Crippen LogP contribution in [0.1, 0.15) is 58.1 Å². The van der Waals surface area contributed by atoms with E-state index in [4.69, 9.17) is 4.52 Å². The number of benzene rings is 1. The first-order valence-electron chi connectivity index (χ1n) is 8.98. The zero-order valence-corrected chi connectivity index (χ0v) is 16.7. The molecule has 0 saturated carbocycles. The van der Waals surface area contributed by atoms with Crippen LogP contribution in [0.15, 0.2) is 46.3 Å². The van der Waals surface area contributed by atoms with E-state index in [1.165, 1.54) is 11.3 Å². The minimum atomic E-state index is -0.326. The molecule has 0 unspecified atom stereocenters. The van der Waals surface area contributed by atoms with Gasteiger partial charge in [-0.3, -0.25) is 9.59 Å². The van der Waals surface area contributed by atoms with Gasteiger partial charge in [0.25, 0.3) is 11.8 Å². The molecule has 3 rings (SSSR count). The van der Waals surface area contributed by atoms with Crippen LogP contribution in [0, 0.1) is 12.8 Å². The Balaban J connectivity index is 1.74. The van der Waals surface area contributed by atoms with Gasteiger partial charge in [0, 0.05) is 17.1 Å². The summed E-state index contributed by atoms with van der Waals surface area (Å²) in [4.78, 5) is 29.4. The highest BCUT2D eigenvalue weighted by Gasteiger charge is 2.23. The van der Waals surface area contributed by atoms with E-state index in [0.717, 1.165) is 0 Å². The Morgan fingerprint density at radius 3 is 2.54 bits per heavy atom. The van der Waals surface area contributed by atoms with Crippen molar-refractivity contribution in [2.24, 2.45) is 5.92 Å². The third-order valence-electron chi connectivity index (χ3n) is 3.96. The van der Waals surface area contributed by atoms with Crippen LogP contribution in [0.4, 0.5) is 5.69 Å². The van der Waals surface area contributed by atoms with Crippen molar-refractivity contribution in [3.8, 4) is 0 Å². The van der Waals surface area contributed by atoms with Gasteiger partial charge in [-0.15, -0.1) is 11.3 Å². The van der Waals surface area contributed by atoms with E-state index in [1.54, 1.807) is 18.4 Å². The number of anilines is 1. The number of aryl methyl sites for hydroxylation is 1. The third-order valence-corrected chi connectivity index (χ3v) is 4.92. The summed E-state index contributed by atoms with van der Waals surface area (Å²) in [5.41, 5.74) is 1.25. The zero-order chi connectivity index (χ0) is 20.1. The Morgan fingerprint density at radius 1 is 1.14 bits per heavy atom. The molecule has 146 valence electrons. The number of carbonyl (C=O) groups excluding carboxylic acids is 2. The van der Waals surface area contributed by atoms with Crippen molar-refractivity contribution in [2.75, 3.05) is 5.32 Å². The number of rotatable bonds is 7. The lowest BCUT2D eigenvalue weighted by atomic mass is 10.0. The van der Waals surface area contributed by atoms with Gasteiger partial charge >= 0.3 is 0 Å². The molecule has 0 saturated heterocycles. The quantitative estimate of drug-likeness (QED) is 0.621. The standard InChI is InChI=1S/C20H22N4O3S/c1-12(2)9-16(22-18(25)15-10-13(3)27-24-15)20-23-17(11-28-20)19(26)21-14-7-5-4-6-8-14/h4-8,10-12,16H,9H2,1-3H3,(H,21,26)(H,22,25)/t16-/m1/s1. The highest BCUT2D eigenvalue weighted by molar-refractivity contribution is 7.10. The highest BCUT2D eigenvalue weighted by atomic mass is 32.1. The normalized spacial score (nSPS) is 12.0. The van der Waals surface area contributed by atoms with Crippen LogP contribution in [0.2, 0.25) is 0 Å². The molecule has 7 nitrogen and oxygen atoms in total. The van der Waals surface area contributed by atoms with E-state index < -0.39 is 0 Å². The summed E-state index contributed by atoms with van der Waals surface area (Å²) in [5, 5.41) is 11.9. The summed E-state index contributed by atoms with van der Waals surface area (Å²) in [6.07, 6.45) is 0.690. The van der Waals surface area contributed by atoms with E-state index >= 15 is 0 Å². The fraction of sp³-hybridized carbons (Fsp3) is 0.300. The zero-order valence-electron chi connectivity index (χ0n) is 15.9. The monoisotopic (exact) mass is 398 g/mol. The Labute approximate surface area is 167 Å². The summed E-state index contributed by atoms with van der Waals surface area (Å²) >= 11 is 1.35. The van der Waals surface area contributed by atoms with Crippen molar-refractivity contribution in [1.29, 1.82) is 0 Å². The van der Waals surface area contributed by atoms with E-state index in [9.17, 15) is 9.59 Å². The van der Waals surface area contributed by atoms with E-state index in [-0.39, 0.29) is 23.6 Å². The SMILES string of the molecule is Cc1cc(C(=O)N[C@H](CC(C)C)c2nc(C(=O)Nc3ccccc3)cs2)no1. The van der Waals surface area contributed by atoms with Gasteiger partial charge in [-0.25, -0.2) is 4.98 Å². The van der Waals surface area contributed by atoms with Crippen LogP contribution >= 0.6 is 11.3 Å². The van der Waals surface area contributed by atoms with Crippen molar-refractivity contribution >= 4 is 28.8 Å². The molecule has 0 aliphatic rings. The smallest absolute Gasteiger partial charge is 0.275 e. The third kappa shape index (κ3) is 5.04. The van der Waals surface area contributed by atoms with Gasteiger partial charge in [0.2, 0.25) is 0 Å². The summed E-state index contributed by atoms with van der Waals surface area (Å²) < 4.78 is 4.97. The van der Waals surface area contributed by atoms with Crippen LogP contribution in [0.5, 0.6) is 0 Å². The first-order chi connectivity index (χ1) is 13.4. The summed E-state index contributed by atoms with van der Waals surface area (Å²) in [6, 6.07) is 10.5. The van der Waals surface area contributed by atoms with Gasteiger partial charge in [-0.1, -0.05) is 37.2 Å². The number of nitrogens with one attached hydrogen (secondary N) is 2. The van der Waals surface area contributed by atoms with Crippen LogP contribution in [0.25, 0.3) is 0 Å².